The highest BCUT2D eigenvalue weighted by Crippen LogP contribution is 2.22. The topological polar surface area (TPSA) is 70.6 Å². The van der Waals surface area contributed by atoms with Crippen LogP contribution in [0.1, 0.15) is 19.3 Å². The Hall–Kier alpha value is -2.05. The maximum absolute atomic E-state index is 11.6. The van der Waals surface area contributed by atoms with Crippen LogP contribution in [0.2, 0.25) is 0 Å². The molecule has 2 fully saturated rings. The van der Waals surface area contributed by atoms with Gasteiger partial charge in [0, 0.05) is 39.2 Å². The van der Waals surface area contributed by atoms with Crippen LogP contribution >= 0.6 is 0 Å². The summed E-state index contributed by atoms with van der Waals surface area (Å²) in [5.41, 5.74) is 0. The van der Waals surface area contributed by atoms with E-state index in [0.717, 1.165) is 25.3 Å². The fraction of sp³-hybridized carbons (Fsp3) is 0.643. The molecule has 3 heterocycles. The van der Waals surface area contributed by atoms with E-state index in [1.165, 1.54) is 12.8 Å². The van der Waals surface area contributed by atoms with Crippen molar-refractivity contribution in [1.82, 2.24) is 20.2 Å². The zero-order chi connectivity index (χ0) is 14.7. The Labute approximate surface area is 124 Å². The molecule has 21 heavy (non-hydrogen) atoms. The second-order valence-corrected chi connectivity index (χ2v) is 5.44. The van der Waals surface area contributed by atoms with Crippen LogP contribution in [0.25, 0.3) is 0 Å². The van der Waals surface area contributed by atoms with E-state index in [0.29, 0.717) is 19.0 Å². The molecule has 0 aliphatic carbocycles. The first kappa shape index (κ1) is 13.9. The third-order valence-corrected chi connectivity index (χ3v) is 3.99. The monoisotopic (exact) mass is 291 g/mol. The minimum absolute atomic E-state index is 0.00336. The third-order valence-electron chi connectivity index (χ3n) is 3.99. The van der Waals surface area contributed by atoms with Crippen LogP contribution in [-0.4, -0.2) is 60.2 Å². The standard InChI is InChI=1S/C14H21N5O2/c1-15-14(20)19-7-4-11(9-19)21-13-8-12(16-10-17-13)18-5-2-3-6-18/h8,10-11H,2-7,9H2,1H3,(H,15,20). The van der Waals surface area contributed by atoms with Crippen LogP contribution in [0, 0.1) is 0 Å². The van der Waals surface area contributed by atoms with Crippen LogP contribution < -0.4 is 15.0 Å². The van der Waals surface area contributed by atoms with Gasteiger partial charge in [-0.1, -0.05) is 0 Å². The van der Waals surface area contributed by atoms with Crippen LogP contribution in [0.3, 0.4) is 0 Å². The summed E-state index contributed by atoms with van der Waals surface area (Å²) in [6.45, 7) is 3.41. The second-order valence-electron chi connectivity index (χ2n) is 5.44. The van der Waals surface area contributed by atoms with Gasteiger partial charge in [-0.2, -0.15) is 0 Å². The van der Waals surface area contributed by atoms with Gasteiger partial charge >= 0.3 is 6.03 Å². The number of amides is 2. The largest absolute Gasteiger partial charge is 0.472 e. The molecular weight excluding hydrogens is 270 g/mol. The van der Waals surface area contributed by atoms with E-state index in [-0.39, 0.29) is 12.1 Å². The summed E-state index contributed by atoms with van der Waals surface area (Å²) in [6.07, 6.45) is 4.81. The van der Waals surface area contributed by atoms with Crippen molar-refractivity contribution in [3.63, 3.8) is 0 Å². The van der Waals surface area contributed by atoms with Crippen molar-refractivity contribution in [2.24, 2.45) is 0 Å². The first-order valence-electron chi connectivity index (χ1n) is 7.46. The number of likely N-dealkylation sites (tertiary alicyclic amines) is 1. The summed E-state index contributed by atoms with van der Waals surface area (Å²) in [5.74, 6) is 1.52. The quantitative estimate of drug-likeness (QED) is 0.895. The Bertz CT molecular complexity index is 504. The molecule has 2 aliphatic rings. The second kappa shape index (κ2) is 6.15. The number of hydrogen-bond donors (Lipinski definition) is 1. The van der Waals surface area contributed by atoms with Crippen LogP contribution in [0.15, 0.2) is 12.4 Å². The average molecular weight is 291 g/mol. The van der Waals surface area contributed by atoms with Crippen molar-refractivity contribution in [2.75, 3.05) is 38.1 Å². The number of nitrogens with zero attached hydrogens (tertiary/aromatic N) is 4. The molecule has 0 radical (unpaired) electrons. The maximum atomic E-state index is 11.6. The van der Waals surface area contributed by atoms with Crippen molar-refractivity contribution in [3.8, 4) is 5.88 Å². The molecule has 1 unspecified atom stereocenters. The highest BCUT2D eigenvalue weighted by molar-refractivity contribution is 5.74. The number of aromatic nitrogens is 2. The molecule has 114 valence electrons. The predicted octanol–water partition coefficient (Wildman–Crippen LogP) is 0.869. The smallest absolute Gasteiger partial charge is 0.317 e. The molecule has 7 heteroatoms. The maximum Gasteiger partial charge on any atom is 0.317 e. The minimum Gasteiger partial charge on any atom is -0.472 e. The Morgan fingerprint density at radius 3 is 2.90 bits per heavy atom. The molecule has 0 spiro atoms. The van der Waals surface area contributed by atoms with Gasteiger partial charge in [0.1, 0.15) is 18.2 Å². The number of carbonyl (C=O) groups is 1. The zero-order valence-corrected chi connectivity index (χ0v) is 12.3. The van der Waals surface area contributed by atoms with Gasteiger partial charge in [0.05, 0.1) is 6.54 Å². The Morgan fingerprint density at radius 2 is 2.14 bits per heavy atom. The summed E-state index contributed by atoms with van der Waals surface area (Å²) in [5, 5.41) is 2.64. The molecule has 1 atom stereocenters. The zero-order valence-electron chi connectivity index (χ0n) is 12.3. The van der Waals surface area contributed by atoms with E-state index >= 15 is 0 Å². The van der Waals surface area contributed by atoms with Gasteiger partial charge in [-0.05, 0) is 12.8 Å². The van der Waals surface area contributed by atoms with Gasteiger partial charge in [0.25, 0.3) is 0 Å². The lowest BCUT2D eigenvalue weighted by Gasteiger charge is -2.18. The first-order valence-corrected chi connectivity index (χ1v) is 7.46. The van der Waals surface area contributed by atoms with Crippen molar-refractivity contribution >= 4 is 11.8 Å². The Morgan fingerprint density at radius 1 is 1.33 bits per heavy atom. The van der Waals surface area contributed by atoms with E-state index in [1.807, 2.05) is 6.07 Å². The van der Waals surface area contributed by atoms with Gasteiger partial charge in [-0.3, -0.25) is 0 Å². The molecule has 2 saturated heterocycles. The van der Waals surface area contributed by atoms with E-state index < -0.39 is 0 Å². The van der Waals surface area contributed by atoms with E-state index in [2.05, 4.69) is 20.2 Å². The lowest BCUT2D eigenvalue weighted by molar-refractivity contribution is 0.184. The van der Waals surface area contributed by atoms with E-state index in [4.69, 9.17) is 4.74 Å². The van der Waals surface area contributed by atoms with Gasteiger partial charge in [0.2, 0.25) is 5.88 Å². The van der Waals surface area contributed by atoms with Crippen molar-refractivity contribution in [2.45, 2.75) is 25.4 Å². The number of carbonyl (C=O) groups excluding carboxylic acids is 1. The summed E-state index contributed by atoms with van der Waals surface area (Å²) in [7, 11) is 1.64. The van der Waals surface area contributed by atoms with Crippen LogP contribution in [0.5, 0.6) is 5.88 Å². The minimum atomic E-state index is -0.0541. The predicted molar refractivity (Wildman–Crippen MR) is 78.5 cm³/mol. The fourth-order valence-electron chi connectivity index (χ4n) is 2.85. The molecule has 0 bridgehead atoms. The number of rotatable bonds is 3. The summed E-state index contributed by atoms with van der Waals surface area (Å²) >= 11 is 0. The normalized spacial score (nSPS) is 21.7. The first-order chi connectivity index (χ1) is 10.3. The van der Waals surface area contributed by atoms with Crippen molar-refractivity contribution in [1.29, 1.82) is 0 Å². The van der Waals surface area contributed by atoms with Gasteiger partial charge in [0.15, 0.2) is 0 Å². The lowest BCUT2D eigenvalue weighted by atomic mass is 10.3. The fourth-order valence-corrected chi connectivity index (χ4v) is 2.85. The highest BCUT2D eigenvalue weighted by atomic mass is 16.5. The van der Waals surface area contributed by atoms with Crippen LogP contribution in [-0.2, 0) is 0 Å². The molecule has 3 rings (SSSR count). The van der Waals surface area contributed by atoms with Crippen molar-refractivity contribution in [3.05, 3.63) is 12.4 Å². The van der Waals surface area contributed by atoms with Gasteiger partial charge < -0.3 is 19.9 Å². The SMILES string of the molecule is CNC(=O)N1CCC(Oc2cc(N3CCCC3)ncn2)C1. The number of nitrogens with one attached hydrogen (secondary N) is 1. The van der Waals surface area contributed by atoms with E-state index in [9.17, 15) is 4.79 Å². The third kappa shape index (κ3) is 3.17. The van der Waals surface area contributed by atoms with E-state index in [1.54, 1.807) is 18.3 Å². The molecule has 2 amide bonds. The van der Waals surface area contributed by atoms with Gasteiger partial charge in [-0.25, -0.2) is 14.8 Å². The molecule has 0 aromatic carbocycles. The molecule has 1 aromatic rings. The Kier molecular flexibility index (Phi) is 4.08. The molecular formula is C14H21N5O2. The summed E-state index contributed by atoms with van der Waals surface area (Å²) in [4.78, 5) is 24.1. The molecule has 7 nitrogen and oxygen atoms in total. The number of ether oxygens (including phenoxy) is 1. The number of urea groups is 1. The summed E-state index contributed by atoms with van der Waals surface area (Å²) in [6, 6.07) is 1.84. The average Bonchev–Trinajstić information content (AvgIpc) is 3.18. The lowest BCUT2D eigenvalue weighted by Crippen LogP contribution is -2.37. The number of hydrogen-bond acceptors (Lipinski definition) is 5. The Balaban J connectivity index is 1.60. The molecule has 2 aliphatic heterocycles. The molecule has 1 aromatic heterocycles. The van der Waals surface area contributed by atoms with Crippen LogP contribution in [0.4, 0.5) is 10.6 Å². The highest BCUT2D eigenvalue weighted by Gasteiger charge is 2.27. The van der Waals surface area contributed by atoms with Gasteiger partial charge in [-0.15, -0.1) is 0 Å². The summed E-state index contributed by atoms with van der Waals surface area (Å²) < 4.78 is 5.90. The van der Waals surface area contributed by atoms with Crippen molar-refractivity contribution < 1.29 is 9.53 Å². The number of anilines is 1. The molecule has 1 N–H and O–H groups in total. The molecule has 0 saturated carbocycles.